The number of aliphatic hydroxyl groups is 1. The largest absolute Gasteiger partial charge is 0.508 e. The van der Waals surface area contributed by atoms with Gasteiger partial charge in [-0.05, 0) is 63.1 Å². The lowest BCUT2D eigenvalue weighted by atomic mass is 9.62. The maximum Gasteiger partial charge on any atom is 0.142 e. The highest BCUT2D eigenvalue weighted by Crippen LogP contribution is 2.56. The minimum atomic E-state index is -0.845. The smallest absolute Gasteiger partial charge is 0.142 e. The standard InChI is InChI=1S/C27H38O5/c1-17(2)23(30)15-24(31)27(6)11-7-10-26(27,5)16-22(29)12-18(3)8-9-20-14-21(28)13-19(4)25(20)32/h8,13-14,23,28,30,32H,1,7,9-12,15-16H2,2-6H3/b18-8+/t23-,26+,27-/m0/s1. The van der Waals surface area contributed by atoms with Gasteiger partial charge in [0.1, 0.15) is 23.1 Å². The molecule has 0 amide bonds. The van der Waals surface area contributed by atoms with Crippen LogP contribution in [0.1, 0.15) is 77.3 Å². The molecule has 1 aromatic carbocycles. The van der Waals surface area contributed by atoms with Crippen LogP contribution in [-0.4, -0.2) is 33.0 Å². The van der Waals surface area contributed by atoms with Gasteiger partial charge in [-0.25, -0.2) is 0 Å². The average molecular weight is 443 g/mol. The lowest BCUT2D eigenvalue weighted by Crippen LogP contribution is -2.42. The molecule has 3 N–H and O–H groups in total. The summed E-state index contributed by atoms with van der Waals surface area (Å²) in [6.45, 7) is 13.0. The first-order valence-corrected chi connectivity index (χ1v) is 11.3. The van der Waals surface area contributed by atoms with Crippen LogP contribution >= 0.6 is 0 Å². The van der Waals surface area contributed by atoms with Gasteiger partial charge in [-0.1, -0.05) is 44.1 Å². The Balaban J connectivity index is 2.06. The van der Waals surface area contributed by atoms with E-state index in [-0.39, 0.29) is 35.9 Å². The number of carbonyl (C=O) groups excluding carboxylic acids is 2. The summed E-state index contributed by atoms with van der Waals surface area (Å²) in [6.07, 6.45) is 4.55. The zero-order valence-corrected chi connectivity index (χ0v) is 20.1. The van der Waals surface area contributed by atoms with Crippen molar-refractivity contribution >= 4 is 11.6 Å². The Kier molecular flexibility index (Phi) is 8.11. The number of hydrogen-bond donors (Lipinski definition) is 3. The number of aromatic hydroxyl groups is 2. The minimum absolute atomic E-state index is 0.00259. The number of phenolic OH excluding ortho intramolecular Hbond substituents is 2. The Morgan fingerprint density at radius 1 is 1.19 bits per heavy atom. The van der Waals surface area contributed by atoms with Gasteiger partial charge < -0.3 is 15.3 Å². The monoisotopic (exact) mass is 442 g/mol. The summed E-state index contributed by atoms with van der Waals surface area (Å²) in [4.78, 5) is 26.0. The Bertz CT molecular complexity index is 928. The number of aliphatic hydroxyl groups excluding tert-OH is 1. The molecule has 1 saturated carbocycles. The van der Waals surface area contributed by atoms with E-state index in [0.29, 0.717) is 29.5 Å². The van der Waals surface area contributed by atoms with Crippen LogP contribution in [0.3, 0.4) is 0 Å². The zero-order valence-electron chi connectivity index (χ0n) is 20.1. The summed E-state index contributed by atoms with van der Waals surface area (Å²) in [5, 5.41) is 30.1. The molecular formula is C27H38O5. The van der Waals surface area contributed by atoms with Crippen molar-refractivity contribution in [1.82, 2.24) is 0 Å². The van der Waals surface area contributed by atoms with Crippen molar-refractivity contribution in [3.05, 3.63) is 47.1 Å². The lowest BCUT2D eigenvalue weighted by molar-refractivity contribution is -0.136. The van der Waals surface area contributed by atoms with Gasteiger partial charge in [-0.2, -0.15) is 0 Å². The third kappa shape index (κ3) is 5.69. The molecule has 0 spiro atoms. The van der Waals surface area contributed by atoms with E-state index in [9.17, 15) is 24.9 Å². The van der Waals surface area contributed by atoms with Gasteiger partial charge in [0.2, 0.25) is 0 Å². The normalized spacial score (nSPS) is 24.4. The van der Waals surface area contributed by atoms with E-state index in [1.54, 1.807) is 13.8 Å². The van der Waals surface area contributed by atoms with Crippen LogP contribution < -0.4 is 0 Å². The third-order valence-corrected chi connectivity index (χ3v) is 7.40. The molecule has 0 unspecified atom stereocenters. The summed E-state index contributed by atoms with van der Waals surface area (Å²) in [5.74, 6) is 0.344. The molecule has 1 aliphatic carbocycles. The maximum atomic E-state index is 13.1. The second-order valence-corrected chi connectivity index (χ2v) is 10.2. The molecule has 176 valence electrons. The minimum Gasteiger partial charge on any atom is -0.508 e. The molecule has 32 heavy (non-hydrogen) atoms. The van der Waals surface area contributed by atoms with E-state index in [0.717, 1.165) is 24.8 Å². The number of Topliss-reactive ketones (excluding diaryl/α,β-unsaturated/α-hetero) is 2. The maximum absolute atomic E-state index is 13.1. The summed E-state index contributed by atoms with van der Waals surface area (Å²) in [6, 6.07) is 3.04. The number of benzene rings is 1. The zero-order chi connectivity index (χ0) is 24.3. The van der Waals surface area contributed by atoms with Crippen LogP contribution in [0, 0.1) is 17.8 Å². The van der Waals surface area contributed by atoms with Crippen LogP contribution in [0.2, 0.25) is 0 Å². The van der Waals surface area contributed by atoms with Gasteiger partial charge in [0.15, 0.2) is 0 Å². The highest BCUT2D eigenvalue weighted by molar-refractivity contribution is 5.88. The van der Waals surface area contributed by atoms with E-state index in [4.69, 9.17) is 0 Å². The number of carbonyl (C=O) groups is 2. The third-order valence-electron chi connectivity index (χ3n) is 7.40. The Labute approximate surface area is 191 Å². The fourth-order valence-electron chi connectivity index (χ4n) is 4.90. The Morgan fingerprint density at radius 3 is 2.47 bits per heavy atom. The molecule has 3 atom stereocenters. The molecule has 0 radical (unpaired) electrons. The summed E-state index contributed by atoms with van der Waals surface area (Å²) in [7, 11) is 0. The van der Waals surface area contributed by atoms with E-state index >= 15 is 0 Å². The molecule has 0 saturated heterocycles. The van der Waals surface area contributed by atoms with Crippen LogP contribution in [-0.2, 0) is 16.0 Å². The molecule has 1 aromatic rings. The van der Waals surface area contributed by atoms with Crippen molar-refractivity contribution in [2.24, 2.45) is 10.8 Å². The van der Waals surface area contributed by atoms with Crippen LogP contribution in [0.25, 0.3) is 0 Å². The highest BCUT2D eigenvalue weighted by Gasteiger charge is 2.53. The van der Waals surface area contributed by atoms with Gasteiger partial charge in [-0.15, -0.1) is 0 Å². The van der Waals surface area contributed by atoms with Crippen molar-refractivity contribution in [3.63, 3.8) is 0 Å². The van der Waals surface area contributed by atoms with Gasteiger partial charge in [-0.3, -0.25) is 9.59 Å². The van der Waals surface area contributed by atoms with Crippen molar-refractivity contribution < 1.29 is 24.9 Å². The average Bonchev–Trinajstić information content (AvgIpc) is 2.98. The first-order chi connectivity index (χ1) is 14.8. The van der Waals surface area contributed by atoms with Crippen molar-refractivity contribution in [2.75, 3.05) is 0 Å². The van der Waals surface area contributed by atoms with Gasteiger partial charge in [0.25, 0.3) is 0 Å². The summed E-state index contributed by atoms with van der Waals surface area (Å²) < 4.78 is 0. The Hall–Kier alpha value is -2.40. The molecule has 5 nitrogen and oxygen atoms in total. The Morgan fingerprint density at radius 2 is 1.84 bits per heavy atom. The molecule has 2 rings (SSSR count). The van der Waals surface area contributed by atoms with E-state index in [2.05, 4.69) is 6.58 Å². The number of hydrogen-bond acceptors (Lipinski definition) is 5. The van der Waals surface area contributed by atoms with E-state index in [1.165, 1.54) is 12.1 Å². The molecule has 5 heteroatoms. The van der Waals surface area contributed by atoms with E-state index in [1.807, 2.05) is 26.8 Å². The molecule has 0 aliphatic heterocycles. The predicted octanol–water partition coefficient (Wildman–Crippen LogP) is 5.34. The quantitative estimate of drug-likeness (QED) is 0.336. The van der Waals surface area contributed by atoms with Crippen LogP contribution in [0.5, 0.6) is 11.5 Å². The van der Waals surface area contributed by atoms with Crippen molar-refractivity contribution in [2.45, 2.75) is 85.7 Å². The summed E-state index contributed by atoms with van der Waals surface area (Å²) >= 11 is 0. The lowest BCUT2D eigenvalue weighted by Gasteiger charge is -2.40. The summed E-state index contributed by atoms with van der Waals surface area (Å²) in [5.41, 5.74) is 1.62. The van der Waals surface area contributed by atoms with Gasteiger partial charge in [0.05, 0.1) is 6.10 Å². The fraction of sp³-hybridized carbons (Fsp3) is 0.556. The van der Waals surface area contributed by atoms with Crippen molar-refractivity contribution in [3.8, 4) is 11.5 Å². The second kappa shape index (κ2) is 10.0. The SMILES string of the molecule is C=C(C)[C@@H](O)CC(=O)[C@]1(C)CCC[C@]1(C)CC(=O)C/C(C)=C/Cc1cc(O)cc(C)c1O. The number of phenols is 2. The first kappa shape index (κ1) is 25.9. The number of allylic oxidation sites excluding steroid dienone is 2. The topological polar surface area (TPSA) is 94.8 Å². The van der Waals surface area contributed by atoms with Crippen LogP contribution in [0.4, 0.5) is 0 Å². The fourth-order valence-corrected chi connectivity index (χ4v) is 4.90. The number of aryl methyl sites for hydroxylation is 1. The number of rotatable bonds is 10. The molecule has 0 aromatic heterocycles. The molecule has 1 aliphatic rings. The first-order valence-electron chi connectivity index (χ1n) is 11.3. The van der Waals surface area contributed by atoms with Gasteiger partial charge in [0, 0.05) is 30.2 Å². The predicted molar refractivity (Wildman–Crippen MR) is 127 cm³/mol. The molecule has 0 bridgehead atoms. The second-order valence-electron chi connectivity index (χ2n) is 10.2. The highest BCUT2D eigenvalue weighted by atomic mass is 16.3. The van der Waals surface area contributed by atoms with Crippen LogP contribution in [0.15, 0.2) is 35.9 Å². The molecule has 1 fully saturated rings. The molecule has 0 heterocycles. The van der Waals surface area contributed by atoms with Crippen molar-refractivity contribution in [1.29, 1.82) is 0 Å². The molecular weight excluding hydrogens is 404 g/mol. The van der Waals surface area contributed by atoms with Gasteiger partial charge >= 0.3 is 0 Å². The van der Waals surface area contributed by atoms with E-state index < -0.39 is 16.9 Å². The number of ketones is 2.